The summed E-state index contributed by atoms with van der Waals surface area (Å²) in [7, 11) is 4.32. The summed E-state index contributed by atoms with van der Waals surface area (Å²) in [5, 5.41) is 9.56. The van der Waals surface area contributed by atoms with Crippen LogP contribution >= 0.6 is 0 Å². The van der Waals surface area contributed by atoms with Gasteiger partial charge in [-0.05, 0) is 63.8 Å². The SMILES string of the molecule is C=CC(=O)N1CCN(c2nc(OC[C@@H]3CCCN3C)nc3c2CCCN(c2cncc4c2N(C)CCC4)C3)C[C@@H]1CC#N. The fraction of sp³-hybridized carbons (Fsp3) is 0.594. The number of ether oxygens (including phenoxy) is 1. The molecule has 0 N–H and O–H groups in total. The number of carbonyl (C=O) groups is 1. The van der Waals surface area contributed by atoms with E-state index in [1.54, 1.807) is 4.90 Å². The number of fused-ring (bicyclic) bond motifs is 2. The van der Waals surface area contributed by atoms with Crippen molar-refractivity contribution in [2.75, 3.05) is 74.7 Å². The predicted octanol–water partition coefficient (Wildman–Crippen LogP) is 2.80. The molecule has 11 heteroatoms. The van der Waals surface area contributed by atoms with Crippen LogP contribution in [0.25, 0.3) is 0 Å². The summed E-state index contributed by atoms with van der Waals surface area (Å²) >= 11 is 0. The molecule has 0 spiro atoms. The van der Waals surface area contributed by atoms with Crippen molar-refractivity contribution in [2.24, 2.45) is 0 Å². The summed E-state index contributed by atoms with van der Waals surface area (Å²) in [5.41, 5.74) is 5.86. The molecule has 0 aliphatic carbocycles. The maximum absolute atomic E-state index is 12.6. The van der Waals surface area contributed by atoms with Crippen molar-refractivity contribution in [3.63, 3.8) is 0 Å². The molecule has 11 nitrogen and oxygen atoms in total. The number of amides is 1. The van der Waals surface area contributed by atoms with E-state index in [2.05, 4.69) is 51.3 Å². The Kier molecular flexibility index (Phi) is 8.66. The normalized spacial score (nSPS) is 22.4. The summed E-state index contributed by atoms with van der Waals surface area (Å²) in [6.07, 6.45) is 11.9. The van der Waals surface area contributed by atoms with Gasteiger partial charge >= 0.3 is 6.01 Å². The minimum absolute atomic E-state index is 0.133. The molecule has 2 fully saturated rings. The standard InChI is InChI=1S/C32H43N9O2/c1-4-29(42)41-17-16-40(20-24(41)11-12-33)31-26-10-7-15-39(28-19-34-18-23-8-5-14-38(3)30(23)28)21-27(26)35-32(36-31)43-22-25-9-6-13-37(25)2/h4,18-19,24-25H,1,5-11,13-17,20-22H2,2-3H3/t24-,25-/m0/s1. The molecule has 4 aliphatic heterocycles. The van der Waals surface area contributed by atoms with Crippen molar-refractivity contribution in [3.8, 4) is 12.1 Å². The largest absolute Gasteiger partial charge is 0.462 e. The van der Waals surface area contributed by atoms with Gasteiger partial charge in [0.25, 0.3) is 0 Å². The highest BCUT2D eigenvalue weighted by atomic mass is 16.5. The number of nitriles is 1. The van der Waals surface area contributed by atoms with Crippen LogP contribution in [-0.2, 0) is 24.2 Å². The summed E-state index contributed by atoms with van der Waals surface area (Å²) in [5.74, 6) is 0.743. The zero-order valence-electron chi connectivity index (χ0n) is 25.5. The van der Waals surface area contributed by atoms with Crippen LogP contribution < -0.4 is 19.4 Å². The van der Waals surface area contributed by atoms with Crippen molar-refractivity contribution >= 4 is 23.1 Å². The topological polar surface area (TPSA) is 105 Å². The molecule has 2 aromatic rings. The lowest BCUT2D eigenvalue weighted by molar-refractivity contribution is -0.128. The minimum Gasteiger partial charge on any atom is -0.462 e. The Morgan fingerprint density at radius 3 is 2.72 bits per heavy atom. The van der Waals surface area contributed by atoms with Gasteiger partial charge in [0.2, 0.25) is 5.91 Å². The second kappa shape index (κ2) is 12.8. The molecule has 0 saturated carbocycles. The van der Waals surface area contributed by atoms with Crippen LogP contribution in [0, 0.1) is 11.3 Å². The van der Waals surface area contributed by atoms with E-state index in [0.29, 0.717) is 44.8 Å². The minimum atomic E-state index is -0.230. The first kappa shape index (κ1) is 29.2. The van der Waals surface area contributed by atoms with Crippen LogP contribution in [0.15, 0.2) is 25.0 Å². The molecule has 0 unspecified atom stereocenters. The average Bonchev–Trinajstić information content (AvgIpc) is 3.31. The molecule has 6 rings (SSSR count). The molecule has 2 aromatic heterocycles. The van der Waals surface area contributed by atoms with Gasteiger partial charge in [-0.3, -0.25) is 9.78 Å². The van der Waals surface area contributed by atoms with Crippen LogP contribution in [0.5, 0.6) is 6.01 Å². The van der Waals surface area contributed by atoms with Gasteiger partial charge in [-0.2, -0.15) is 15.2 Å². The van der Waals surface area contributed by atoms with E-state index in [9.17, 15) is 10.1 Å². The third kappa shape index (κ3) is 5.98. The van der Waals surface area contributed by atoms with Gasteiger partial charge in [0.1, 0.15) is 12.4 Å². The lowest BCUT2D eigenvalue weighted by Crippen LogP contribution is -2.55. The fourth-order valence-electron chi connectivity index (χ4n) is 7.17. The Balaban J connectivity index is 1.34. The van der Waals surface area contributed by atoms with Gasteiger partial charge < -0.3 is 29.2 Å². The van der Waals surface area contributed by atoms with Gasteiger partial charge in [0.15, 0.2) is 0 Å². The Morgan fingerprint density at radius 1 is 1.07 bits per heavy atom. The molecule has 228 valence electrons. The molecule has 0 bridgehead atoms. The number of aryl methyl sites for hydroxylation is 1. The molecule has 6 heterocycles. The van der Waals surface area contributed by atoms with Gasteiger partial charge in [0.05, 0.1) is 48.3 Å². The number of anilines is 3. The number of carbonyl (C=O) groups excluding carboxylic acids is 1. The molecular weight excluding hydrogens is 542 g/mol. The van der Waals surface area contributed by atoms with E-state index in [-0.39, 0.29) is 18.4 Å². The smallest absolute Gasteiger partial charge is 0.318 e. The highest BCUT2D eigenvalue weighted by Gasteiger charge is 2.33. The van der Waals surface area contributed by atoms with E-state index in [1.165, 1.54) is 23.7 Å². The third-order valence-electron chi connectivity index (χ3n) is 9.53. The zero-order chi connectivity index (χ0) is 29.9. The summed E-state index contributed by atoms with van der Waals surface area (Å²) in [6.45, 7) is 9.55. The summed E-state index contributed by atoms with van der Waals surface area (Å²) in [4.78, 5) is 38.4. The highest BCUT2D eigenvalue weighted by Crippen LogP contribution is 2.38. The second-order valence-electron chi connectivity index (χ2n) is 12.3. The van der Waals surface area contributed by atoms with Crippen LogP contribution in [0.3, 0.4) is 0 Å². The van der Waals surface area contributed by atoms with E-state index in [0.717, 1.165) is 74.5 Å². The number of hydrogen-bond acceptors (Lipinski definition) is 10. The van der Waals surface area contributed by atoms with Crippen molar-refractivity contribution < 1.29 is 9.53 Å². The second-order valence-corrected chi connectivity index (χ2v) is 12.3. The first-order valence-electron chi connectivity index (χ1n) is 15.7. The van der Waals surface area contributed by atoms with E-state index < -0.39 is 0 Å². The number of likely N-dealkylation sites (N-methyl/N-ethyl adjacent to an activating group) is 1. The molecule has 0 aromatic carbocycles. The maximum Gasteiger partial charge on any atom is 0.318 e. The van der Waals surface area contributed by atoms with E-state index >= 15 is 0 Å². The maximum atomic E-state index is 12.6. The zero-order valence-corrected chi connectivity index (χ0v) is 25.5. The van der Waals surface area contributed by atoms with Gasteiger partial charge in [0, 0.05) is 57.6 Å². The average molecular weight is 586 g/mol. The van der Waals surface area contributed by atoms with Crippen molar-refractivity contribution in [2.45, 2.75) is 63.6 Å². The van der Waals surface area contributed by atoms with Crippen LogP contribution in [0.4, 0.5) is 17.2 Å². The molecule has 1 amide bonds. The van der Waals surface area contributed by atoms with Crippen molar-refractivity contribution in [1.29, 1.82) is 5.26 Å². The van der Waals surface area contributed by atoms with E-state index in [1.807, 2.05) is 12.4 Å². The van der Waals surface area contributed by atoms with Crippen LogP contribution in [0.2, 0.25) is 0 Å². The first-order valence-corrected chi connectivity index (χ1v) is 15.7. The van der Waals surface area contributed by atoms with Crippen LogP contribution in [-0.4, -0.2) is 103 Å². The van der Waals surface area contributed by atoms with Gasteiger partial charge in [-0.25, -0.2) is 0 Å². The summed E-state index contributed by atoms with van der Waals surface area (Å²) < 4.78 is 6.34. The molecule has 2 saturated heterocycles. The Hall–Kier alpha value is -3.91. The highest BCUT2D eigenvalue weighted by molar-refractivity contribution is 5.87. The summed E-state index contributed by atoms with van der Waals surface area (Å²) in [6, 6.07) is 2.81. The number of piperazine rings is 1. The number of nitrogens with zero attached hydrogens (tertiary/aromatic N) is 9. The molecular formula is C32H43N9O2. The monoisotopic (exact) mass is 585 g/mol. The predicted molar refractivity (Wildman–Crippen MR) is 167 cm³/mol. The first-order chi connectivity index (χ1) is 21.0. The molecule has 0 radical (unpaired) electrons. The lowest BCUT2D eigenvalue weighted by atomic mass is 10.0. The van der Waals surface area contributed by atoms with Crippen molar-refractivity contribution in [3.05, 3.63) is 41.9 Å². The number of aromatic nitrogens is 3. The Bertz CT molecular complexity index is 1390. The molecule has 2 atom stereocenters. The quantitative estimate of drug-likeness (QED) is 0.451. The third-order valence-corrected chi connectivity index (χ3v) is 9.53. The number of likely N-dealkylation sites (tertiary alicyclic amines) is 1. The molecule has 43 heavy (non-hydrogen) atoms. The molecule has 4 aliphatic rings. The van der Waals surface area contributed by atoms with Crippen LogP contribution in [0.1, 0.15) is 48.9 Å². The van der Waals surface area contributed by atoms with E-state index in [4.69, 9.17) is 14.7 Å². The number of pyridine rings is 1. The Labute approximate surface area is 254 Å². The number of rotatable bonds is 7. The fourth-order valence-corrected chi connectivity index (χ4v) is 7.17. The van der Waals surface area contributed by atoms with Gasteiger partial charge in [-0.15, -0.1) is 0 Å². The Morgan fingerprint density at radius 2 is 1.93 bits per heavy atom. The van der Waals surface area contributed by atoms with Crippen molar-refractivity contribution in [1.82, 2.24) is 24.8 Å². The lowest BCUT2D eigenvalue weighted by Gasteiger charge is -2.41. The number of hydrogen-bond donors (Lipinski definition) is 0. The van der Waals surface area contributed by atoms with Gasteiger partial charge in [-0.1, -0.05) is 6.58 Å².